The largest absolute Gasteiger partial charge is 0.456 e. The third kappa shape index (κ3) is 3.45. The Labute approximate surface area is 175 Å². The van der Waals surface area contributed by atoms with Gasteiger partial charge < -0.3 is 19.4 Å². The number of benzene rings is 2. The molecule has 1 aromatic heterocycles. The van der Waals surface area contributed by atoms with Crippen LogP contribution in [0.15, 0.2) is 40.8 Å². The smallest absolute Gasteiger partial charge is 0.253 e. The topological polar surface area (TPSA) is 71.8 Å². The summed E-state index contributed by atoms with van der Waals surface area (Å²) >= 11 is 0. The molecule has 6 nitrogen and oxygen atoms in total. The predicted octanol–water partition coefficient (Wildman–Crippen LogP) is 4.40. The molecule has 1 aliphatic carbocycles. The summed E-state index contributed by atoms with van der Waals surface area (Å²) in [7, 11) is 0. The minimum absolute atomic E-state index is 0.0384. The molecule has 2 aliphatic rings. The van der Waals surface area contributed by atoms with Gasteiger partial charge in [0, 0.05) is 34.1 Å². The van der Waals surface area contributed by atoms with E-state index in [9.17, 15) is 9.59 Å². The summed E-state index contributed by atoms with van der Waals surface area (Å²) < 4.78 is 11.2. The highest BCUT2D eigenvalue weighted by molar-refractivity contribution is 6.09. The quantitative estimate of drug-likeness (QED) is 0.700. The van der Waals surface area contributed by atoms with Gasteiger partial charge >= 0.3 is 0 Å². The molecule has 1 aliphatic heterocycles. The molecule has 2 aromatic carbocycles. The van der Waals surface area contributed by atoms with Crippen molar-refractivity contribution in [2.24, 2.45) is 0 Å². The fourth-order valence-corrected chi connectivity index (χ4v) is 4.67. The van der Waals surface area contributed by atoms with Crippen LogP contribution in [0, 0.1) is 0 Å². The number of ether oxygens (including phenoxy) is 1. The lowest BCUT2D eigenvalue weighted by Gasteiger charge is -2.34. The van der Waals surface area contributed by atoms with Crippen LogP contribution in [0.5, 0.6) is 0 Å². The summed E-state index contributed by atoms with van der Waals surface area (Å²) in [5, 5.41) is 5.11. The van der Waals surface area contributed by atoms with E-state index in [4.69, 9.17) is 9.15 Å². The number of nitrogens with zero attached hydrogens (tertiary/aromatic N) is 1. The molecular weight excluding hydrogens is 380 g/mol. The van der Waals surface area contributed by atoms with Crippen LogP contribution in [0.1, 0.15) is 49.4 Å². The van der Waals surface area contributed by atoms with Gasteiger partial charge in [-0.25, -0.2) is 0 Å². The SMILES string of the molecule is CC1(NC(=O)c2ccc3c(c2)oc2ccc(N4CCOCC4=O)cc23)CCCCC1. The van der Waals surface area contributed by atoms with E-state index in [-0.39, 0.29) is 24.0 Å². The first-order chi connectivity index (χ1) is 14.5. The maximum absolute atomic E-state index is 12.9. The molecule has 2 fully saturated rings. The average molecular weight is 406 g/mol. The standard InChI is InChI=1S/C24H26N2O4/c1-24(9-3-2-4-10-24)25-23(28)16-5-7-18-19-14-17(26-11-12-29-15-22(26)27)6-8-20(19)30-21(18)13-16/h5-8,13-14H,2-4,9-12,15H2,1H3,(H,25,28). The molecule has 0 unspecified atom stereocenters. The number of amides is 2. The Morgan fingerprint density at radius 3 is 2.67 bits per heavy atom. The zero-order chi connectivity index (χ0) is 20.7. The number of carbonyl (C=O) groups excluding carboxylic acids is 2. The molecular formula is C24H26N2O4. The minimum atomic E-state index is -0.127. The number of anilines is 1. The maximum Gasteiger partial charge on any atom is 0.253 e. The van der Waals surface area contributed by atoms with Gasteiger partial charge in [0.2, 0.25) is 0 Å². The Morgan fingerprint density at radius 2 is 1.87 bits per heavy atom. The second-order valence-electron chi connectivity index (χ2n) is 8.67. The number of fused-ring (bicyclic) bond motifs is 3. The van der Waals surface area contributed by atoms with Crippen molar-refractivity contribution in [1.29, 1.82) is 0 Å². The third-order valence-corrected chi connectivity index (χ3v) is 6.39. The zero-order valence-electron chi connectivity index (χ0n) is 17.2. The Kier molecular flexibility index (Phi) is 4.74. The van der Waals surface area contributed by atoms with Crippen LogP contribution in [0.3, 0.4) is 0 Å². The number of carbonyl (C=O) groups is 2. The normalized spacial score (nSPS) is 19.4. The Bertz CT molecular complexity index is 1130. The van der Waals surface area contributed by atoms with Crippen molar-refractivity contribution >= 4 is 39.4 Å². The lowest BCUT2D eigenvalue weighted by molar-refractivity contribution is -0.125. The molecule has 0 radical (unpaired) electrons. The molecule has 1 N–H and O–H groups in total. The predicted molar refractivity (Wildman–Crippen MR) is 116 cm³/mol. The molecule has 1 saturated heterocycles. The number of hydrogen-bond donors (Lipinski definition) is 1. The van der Waals surface area contributed by atoms with Gasteiger partial charge in [-0.1, -0.05) is 19.3 Å². The fourth-order valence-electron chi connectivity index (χ4n) is 4.67. The van der Waals surface area contributed by atoms with Gasteiger partial charge in [0.25, 0.3) is 11.8 Å². The maximum atomic E-state index is 12.9. The summed E-state index contributed by atoms with van der Waals surface area (Å²) in [5.74, 6) is -0.0927. The first kappa shape index (κ1) is 19.1. The van der Waals surface area contributed by atoms with Crippen LogP contribution in [0.2, 0.25) is 0 Å². The molecule has 30 heavy (non-hydrogen) atoms. The molecule has 6 heteroatoms. The first-order valence-electron chi connectivity index (χ1n) is 10.7. The van der Waals surface area contributed by atoms with Crippen molar-refractivity contribution in [2.45, 2.75) is 44.6 Å². The van der Waals surface area contributed by atoms with Gasteiger partial charge in [0.05, 0.1) is 6.61 Å². The molecule has 3 aromatic rings. The van der Waals surface area contributed by atoms with E-state index in [1.165, 1.54) is 6.42 Å². The molecule has 2 heterocycles. The van der Waals surface area contributed by atoms with Crippen molar-refractivity contribution in [1.82, 2.24) is 5.32 Å². The molecule has 2 amide bonds. The molecule has 5 rings (SSSR count). The molecule has 0 bridgehead atoms. The van der Waals surface area contributed by atoms with Gasteiger partial charge in [-0.3, -0.25) is 9.59 Å². The minimum Gasteiger partial charge on any atom is -0.456 e. The van der Waals surface area contributed by atoms with Gasteiger partial charge in [-0.2, -0.15) is 0 Å². The summed E-state index contributed by atoms with van der Waals surface area (Å²) in [6.07, 6.45) is 5.61. The van der Waals surface area contributed by atoms with Crippen LogP contribution in [-0.4, -0.2) is 37.1 Å². The fraction of sp³-hybridized carbons (Fsp3) is 0.417. The highest BCUT2D eigenvalue weighted by Crippen LogP contribution is 2.33. The summed E-state index contributed by atoms with van der Waals surface area (Å²) in [6.45, 7) is 3.33. The van der Waals surface area contributed by atoms with Crippen molar-refractivity contribution in [3.05, 3.63) is 42.0 Å². The highest BCUT2D eigenvalue weighted by Gasteiger charge is 2.29. The van der Waals surface area contributed by atoms with Gasteiger partial charge in [-0.15, -0.1) is 0 Å². The molecule has 1 saturated carbocycles. The van der Waals surface area contributed by atoms with E-state index < -0.39 is 0 Å². The zero-order valence-corrected chi connectivity index (χ0v) is 17.2. The van der Waals surface area contributed by atoms with Crippen molar-refractivity contribution in [2.75, 3.05) is 24.7 Å². The van der Waals surface area contributed by atoms with Crippen LogP contribution < -0.4 is 10.2 Å². The van der Waals surface area contributed by atoms with E-state index in [1.54, 1.807) is 4.90 Å². The lowest BCUT2D eigenvalue weighted by Crippen LogP contribution is -2.47. The second kappa shape index (κ2) is 7.43. The first-order valence-corrected chi connectivity index (χ1v) is 10.7. The molecule has 0 atom stereocenters. The Balaban J connectivity index is 1.45. The Hall–Kier alpha value is -2.86. The van der Waals surface area contributed by atoms with Crippen molar-refractivity contribution in [3.8, 4) is 0 Å². The van der Waals surface area contributed by atoms with Gasteiger partial charge in [-0.05, 0) is 56.2 Å². The summed E-state index contributed by atoms with van der Waals surface area (Å²) in [6, 6.07) is 11.4. The van der Waals surface area contributed by atoms with Crippen LogP contribution in [0.4, 0.5) is 5.69 Å². The van der Waals surface area contributed by atoms with E-state index in [1.807, 2.05) is 36.4 Å². The van der Waals surface area contributed by atoms with Crippen LogP contribution >= 0.6 is 0 Å². The number of rotatable bonds is 3. The van der Waals surface area contributed by atoms with Crippen LogP contribution in [-0.2, 0) is 9.53 Å². The van der Waals surface area contributed by atoms with E-state index in [0.717, 1.165) is 47.7 Å². The number of morpholine rings is 1. The number of nitrogens with one attached hydrogen (secondary N) is 1. The van der Waals surface area contributed by atoms with Crippen molar-refractivity contribution < 1.29 is 18.7 Å². The van der Waals surface area contributed by atoms with Crippen molar-refractivity contribution in [3.63, 3.8) is 0 Å². The van der Waals surface area contributed by atoms with E-state index >= 15 is 0 Å². The third-order valence-electron chi connectivity index (χ3n) is 6.39. The molecule has 156 valence electrons. The average Bonchev–Trinajstić information content (AvgIpc) is 3.11. The van der Waals surface area contributed by atoms with Crippen LogP contribution in [0.25, 0.3) is 21.9 Å². The lowest BCUT2D eigenvalue weighted by atomic mass is 9.83. The van der Waals surface area contributed by atoms with Gasteiger partial charge in [0.15, 0.2) is 0 Å². The second-order valence-corrected chi connectivity index (χ2v) is 8.67. The molecule has 0 spiro atoms. The number of furan rings is 1. The van der Waals surface area contributed by atoms with E-state index in [0.29, 0.717) is 24.3 Å². The Morgan fingerprint density at radius 1 is 1.03 bits per heavy atom. The summed E-state index contributed by atoms with van der Waals surface area (Å²) in [5.41, 5.74) is 2.74. The number of hydrogen-bond acceptors (Lipinski definition) is 4. The van der Waals surface area contributed by atoms with E-state index in [2.05, 4.69) is 12.2 Å². The highest BCUT2D eigenvalue weighted by atomic mass is 16.5. The summed E-state index contributed by atoms with van der Waals surface area (Å²) in [4.78, 5) is 26.8. The van der Waals surface area contributed by atoms with Gasteiger partial charge in [0.1, 0.15) is 17.8 Å². The monoisotopic (exact) mass is 406 g/mol.